The molecule has 5 nitrogen and oxygen atoms in total. The van der Waals surface area contributed by atoms with E-state index >= 15 is 0 Å². The number of nitrogens with zero attached hydrogens (tertiary/aromatic N) is 2. The van der Waals surface area contributed by atoms with Gasteiger partial charge in [-0.15, -0.1) is 11.3 Å². The average Bonchev–Trinajstić information content (AvgIpc) is 3.50. The highest BCUT2D eigenvalue weighted by molar-refractivity contribution is 7.09. The van der Waals surface area contributed by atoms with Crippen LogP contribution >= 0.6 is 11.3 Å². The van der Waals surface area contributed by atoms with Crippen molar-refractivity contribution in [2.45, 2.75) is 37.6 Å². The van der Waals surface area contributed by atoms with Gasteiger partial charge in [0, 0.05) is 41.9 Å². The number of hydrogen-bond acceptors (Lipinski definition) is 4. The van der Waals surface area contributed by atoms with Crippen molar-refractivity contribution >= 4 is 23.2 Å². The molecule has 0 saturated carbocycles. The largest absolute Gasteiger partial charge is 0.347 e. The van der Waals surface area contributed by atoms with Crippen LogP contribution in [0.4, 0.5) is 0 Å². The highest BCUT2D eigenvalue weighted by Gasteiger charge is 2.27. The third-order valence-electron chi connectivity index (χ3n) is 6.36. The maximum absolute atomic E-state index is 12.7. The molecule has 1 N–H and O–H groups in total. The normalized spacial score (nSPS) is 16.1. The SMILES string of the molecule is O=C(NC1Cc2ccccc2C1)c1csc(C2CCN(C(=O)C#Cc3ccccc3)CC2)n1. The van der Waals surface area contributed by atoms with Crippen molar-refractivity contribution in [3.8, 4) is 11.8 Å². The summed E-state index contributed by atoms with van der Waals surface area (Å²) >= 11 is 1.54. The highest BCUT2D eigenvalue weighted by atomic mass is 32.1. The van der Waals surface area contributed by atoms with Gasteiger partial charge in [-0.05, 0) is 48.9 Å². The molecule has 0 atom stereocenters. The van der Waals surface area contributed by atoms with Gasteiger partial charge in [0.15, 0.2) is 0 Å². The van der Waals surface area contributed by atoms with E-state index in [1.165, 1.54) is 11.1 Å². The molecule has 166 valence electrons. The van der Waals surface area contributed by atoms with E-state index in [2.05, 4.69) is 34.3 Å². The van der Waals surface area contributed by atoms with Gasteiger partial charge in [-0.1, -0.05) is 48.4 Å². The summed E-state index contributed by atoms with van der Waals surface area (Å²) in [4.78, 5) is 31.6. The molecule has 0 bridgehead atoms. The van der Waals surface area contributed by atoms with Crippen molar-refractivity contribution < 1.29 is 9.59 Å². The molecule has 2 heterocycles. The first-order valence-corrected chi connectivity index (χ1v) is 12.2. The van der Waals surface area contributed by atoms with Crippen molar-refractivity contribution in [3.63, 3.8) is 0 Å². The number of nitrogens with one attached hydrogen (secondary N) is 1. The summed E-state index contributed by atoms with van der Waals surface area (Å²) in [5.41, 5.74) is 3.97. The van der Waals surface area contributed by atoms with E-state index in [1.807, 2.05) is 52.7 Å². The molecule has 0 radical (unpaired) electrons. The summed E-state index contributed by atoms with van der Waals surface area (Å²) in [6.07, 6.45) is 3.42. The Morgan fingerprint density at radius 1 is 0.970 bits per heavy atom. The summed E-state index contributed by atoms with van der Waals surface area (Å²) in [5.74, 6) is 5.74. The maximum Gasteiger partial charge on any atom is 0.298 e. The predicted octanol–water partition coefficient (Wildman–Crippen LogP) is 3.80. The minimum absolute atomic E-state index is 0.0980. The van der Waals surface area contributed by atoms with Crippen LogP contribution < -0.4 is 5.32 Å². The number of fused-ring (bicyclic) bond motifs is 1. The smallest absolute Gasteiger partial charge is 0.298 e. The molecule has 1 fully saturated rings. The summed E-state index contributed by atoms with van der Waals surface area (Å²) in [6.45, 7) is 1.32. The lowest BCUT2D eigenvalue weighted by molar-refractivity contribution is -0.126. The first kappa shape index (κ1) is 21.4. The average molecular weight is 456 g/mol. The Morgan fingerprint density at radius 3 is 2.33 bits per heavy atom. The standard InChI is InChI=1S/C27H25N3O2S/c31-25(11-10-19-6-2-1-3-7-19)30-14-12-20(13-15-30)27-29-24(18-33-27)26(32)28-23-16-21-8-4-5-9-22(21)17-23/h1-9,18,20,23H,12-17H2,(H,28,32). The number of amides is 2. The maximum atomic E-state index is 12.7. The van der Waals surface area contributed by atoms with Crippen molar-refractivity contribution in [3.05, 3.63) is 87.4 Å². The van der Waals surface area contributed by atoms with Gasteiger partial charge < -0.3 is 10.2 Å². The third-order valence-corrected chi connectivity index (χ3v) is 7.37. The molecule has 1 aliphatic heterocycles. The van der Waals surface area contributed by atoms with E-state index in [9.17, 15) is 9.59 Å². The van der Waals surface area contributed by atoms with E-state index in [1.54, 1.807) is 11.3 Å². The molecule has 33 heavy (non-hydrogen) atoms. The van der Waals surface area contributed by atoms with Gasteiger partial charge in [-0.25, -0.2) is 4.98 Å². The minimum Gasteiger partial charge on any atom is -0.347 e. The number of benzene rings is 2. The van der Waals surface area contributed by atoms with Gasteiger partial charge >= 0.3 is 0 Å². The van der Waals surface area contributed by atoms with Crippen molar-refractivity contribution in [2.75, 3.05) is 13.1 Å². The second-order valence-corrected chi connectivity index (χ2v) is 9.49. The van der Waals surface area contributed by atoms with Crippen LogP contribution in [0.15, 0.2) is 60.0 Å². The van der Waals surface area contributed by atoms with Gasteiger partial charge in [-0.3, -0.25) is 9.59 Å². The Labute approximate surface area is 197 Å². The van der Waals surface area contributed by atoms with Crippen LogP contribution in [0.5, 0.6) is 0 Å². The molecule has 5 rings (SSSR count). The molecule has 2 amide bonds. The van der Waals surface area contributed by atoms with Crippen LogP contribution in [0.2, 0.25) is 0 Å². The fraction of sp³-hybridized carbons (Fsp3) is 0.296. The summed E-state index contributed by atoms with van der Waals surface area (Å²) < 4.78 is 0. The first-order chi connectivity index (χ1) is 16.2. The van der Waals surface area contributed by atoms with Crippen molar-refractivity contribution in [2.24, 2.45) is 0 Å². The Balaban J connectivity index is 1.13. The Kier molecular flexibility index (Phi) is 6.23. The lowest BCUT2D eigenvalue weighted by Gasteiger charge is -2.29. The molecule has 1 saturated heterocycles. The van der Waals surface area contributed by atoms with Crippen LogP contribution in [0.3, 0.4) is 0 Å². The molecule has 1 aliphatic carbocycles. The number of piperidine rings is 1. The van der Waals surface area contributed by atoms with E-state index in [-0.39, 0.29) is 23.8 Å². The monoisotopic (exact) mass is 455 g/mol. The number of carbonyl (C=O) groups excluding carboxylic acids is 2. The van der Waals surface area contributed by atoms with E-state index in [0.717, 1.165) is 36.3 Å². The minimum atomic E-state index is -0.130. The molecule has 2 aliphatic rings. The number of aromatic nitrogens is 1. The Morgan fingerprint density at radius 2 is 1.64 bits per heavy atom. The second kappa shape index (κ2) is 9.60. The molecule has 0 unspecified atom stereocenters. The lowest BCUT2D eigenvalue weighted by Crippen LogP contribution is -2.37. The fourth-order valence-electron chi connectivity index (χ4n) is 4.56. The topological polar surface area (TPSA) is 62.3 Å². The Bertz CT molecular complexity index is 1190. The number of carbonyl (C=O) groups is 2. The number of rotatable bonds is 3. The van der Waals surface area contributed by atoms with E-state index in [0.29, 0.717) is 18.8 Å². The fourth-order valence-corrected chi connectivity index (χ4v) is 5.53. The van der Waals surface area contributed by atoms with Crippen molar-refractivity contribution in [1.29, 1.82) is 0 Å². The Hall–Kier alpha value is -3.43. The molecule has 2 aromatic carbocycles. The van der Waals surface area contributed by atoms with Crippen LogP contribution in [0.1, 0.15) is 50.9 Å². The zero-order valence-electron chi connectivity index (χ0n) is 18.3. The summed E-state index contributed by atoms with van der Waals surface area (Å²) in [6, 6.07) is 18.0. The number of likely N-dealkylation sites (tertiary alicyclic amines) is 1. The van der Waals surface area contributed by atoms with Gasteiger partial charge in [-0.2, -0.15) is 0 Å². The van der Waals surface area contributed by atoms with Crippen LogP contribution in [0.25, 0.3) is 0 Å². The first-order valence-electron chi connectivity index (χ1n) is 11.3. The number of hydrogen-bond donors (Lipinski definition) is 1. The zero-order valence-corrected chi connectivity index (χ0v) is 19.1. The highest BCUT2D eigenvalue weighted by Crippen LogP contribution is 2.30. The van der Waals surface area contributed by atoms with Crippen LogP contribution in [-0.4, -0.2) is 40.8 Å². The van der Waals surface area contributed by atoms with Crippen molar-refractivity contribution in [1.82, 2.24) is 15.2 Å². The van der Waals surface area contributed by atoms with Gasteiger partial charge in [0.05, 0.1) is 5.01 Å². The van der Waals surface area contributed by atoms with Gasteiger partial charge in [0.25, 0.3) is 11.8 Å². The molecule has 3 aromatic rings. The van der Waals surface area contributed by atoms with Crippen LogP contribution in [-0.2, 0) is 17.6 Å². The third kappa shape index (κ3) is 4.99. The quantitative estimate of drug-likeness (QED) is 0.611. The summed E-state index contributed by atoms with van der Waals surface area (Å²) in [5, 5.41) is 5.99. The predicted molar refractivity (Wildman–Crippen MR) is 129 cm³/mol. The van der Waals surface area contributed by atoms with Gasteiger partial charge in [0.2, 0.25) is 0 Å². The lowest BCUT2D eigenvalue weighted by atomic mass is 9.97. The van der Waals surface area contributed by atoms with E-state index < -0.39 is 0 Å². The molecule has 1 aromatic heterocycles. The zero-order chi connectivity index (χ0) is 22.6. The van der Waals surface area contributed by atoms with Gasteiger partial charge in [0.1, 0.15) is 5.69 Å². The number of thiazole rings is 1. The summed E-state index contributed by atoms with van der Waals surface area (Å²) in [7, 11) is 0. The van der Waals surface area contributed by atoms with E-state index in [4.69, 9.17) is 0 Å². The molecular weight excluding hydrogens is 430 g/mol. The molecule has 6 heteroatoms. The van der Waals surface area contributed by atoms with Crippen LogP contribution in [0, 0.1) is 11.8 Å². The molecular formula is C27H25N3O2S. The second-order valence-electron chi connectivity index (χ2n) is 8.60. The molecule has 0 spiro atoms.